The third-order valence-electron chi connectivity index (χ3n) is 3.85. The summed E-state index contributed by atoms with van der Waals surface area (Å²) in [5, 5.41) is 12.9. The molecule has 0 amide bonds. The van der Waals surface area contributed by atoms with Gasteiger partial charge in [0.2, 0.25) is 5.75 Å². The van der Waals surface area contributed by atoms with E-state index in [-0.39, 0.29) is 6.10 Å². The summed E-state index contributed by atoms with van der Waals surface area (Å²) in [6, 6.07) is 0. The van der Waals surface area contributed by atoms with Crippen molar-refractivity contribution in [1.29, 1.82) is 0 Å². The summed E-state index contributed by atoms with van der Waals surface area (Å²) in [5.41, 5.74) is 0. The molecule has 1 unspecified atom stereocenters. The number of anilines is 2. The van der Waals surface area contributed by atoms with Crippen molar-refractivity contribution in [2.45, 2.75) is 32.8 Å². The summed E-state index contributed by atoms with van der Waals surface area (Å²) >= 11 is 0. The van der Waals surface area contributed by atoms with Gasteiger partial charge in [0, 0.05) is 19.6 Å². The highest BCUT2D eigenvalue weighted by Crippen LogP contribution is 2.34. The highest BCUT2D eigenvalue weighted by atomic mass is 16.5. The van der Waals surface area contributed by atoms with Crippen LogP contribution in [0, 0.1) is 5.92 Å². The van der Waals surface area contributed by atoms with E-state index in [0.717, 1.165) is 44.1 Å². The quantitative estimate of drug-likeness (QED) is 0.852. The number of nitrogens with one attached hydrogen (secondary N) is 1. The number of hydrogen-bond donors (Lipinski definition) is 2. The van der Waals surface area contributed by atoms with Gasteiger partial charge in [0.1, 0.15) is 6.33 Å². The minimum Gasteiger partial charge on any atom is -0.490 e. The Hall–Kier alpha value is -1.56. The Kier molecular flexibility index (Phi) is 5.00. The van der Waals surface area contributed by atoms with Crippen LogP contribution < -0.4 is 15.0 Å². The highest BCUT2D eigenvalue weighted by molar-refractivity contribution is 5.64. The van der Waals surface area contributed by atoms with Crippen LogP contribution in [-0.4, -0.2) is 47.9 Å². The number of aromatic nitrogens is 2. The van der Waals surface area contributed by atoms with Crippen molar-refractivity contribution in [3.8, 4) is 5.75 Å². The first-order chi connectivity index (χ1) is 9.67. The molecule has 1 aliphatic heterocycles. The molecular formula is C14H24N4O2. The third-order valence-corrected chi connectivity index (χ3v) is 3.85. The summed E-state index contributed by atoms with van der Waals surface area (Å²) in [6.45, 7) is 6.45. The molecule has 1 aromatic rings. The van der Waals surface area contributed by atoms with E-state index in [2.05, 4.69) is 20.2 Å². The number of rotatable bonds is 5. The van der Waals surface area contributed by atoms with Crippen molar-refractivity contribution >= 4 is 11.6 Å². The molecule has 2 heterocycles. The molecule has 0 spiro atoms. The second kappa shape index (κ2) is 6.74. The first kappa shape index (κ1) is 14.8. The lowest BCUT2D eigenvalue weighted by molar-refractivity contribution is 0.109. The van der Waals surface area contributed by atoms with Crippen LogP contribution in [0.2, 0.25) is 0 Å². The summed E-state index contributed by atoms with van der Waals surface area (Å²) < 4.78 is 5.48. The molecule has 2 rings (SSSR count). The number of aliphatic hydroxyl groups is 1. The van der Waals surface area contributed by atoms with E-state index in [9.17, 15) is 5.11 Å². The van der Waals surface area contributed by atoms with Gasteiger partial charge in [0.05, 0.1) is 13.2 Å². The van der Waals surface area contributed by atoms with Gasteiger partial charge in [0.15, 0.2) is 11.6 Å². The Bertz CT molecular complexity index is 431. The van der Waals surface area contributed by atoms with E-state index in [1.54, 1.807) is 13.4 Å². The van der Waals surface area contributed by atoms with Crippen molar-refractivity contribution < 1.29 is 9.84 Å². The zero-order valence-corrected chi connectivity index (χ0v) is 12.5. The zero-order valence-electron chi connectivity index (χ0n) is 12.5. The van der Waals surface area contributed by atoms with Gasteiger partial charge < -0.3 is 20.1 Å². The van der Waals surface area contributed by atoms with Crippen LogP contribution in [0.25, 0.3) is 0 Å². The molecule has 0 radical (unpaired) electrons. The maximum atomic E-state index is 9.67. The molecule has 0 aromatic carbocycles. The molecule has 6 heteroatoms. The largest absolute Gasteiger partial charge is 0.490 e. The second-order valence-corrected chi connectivity index (χ2v) is 5.17. The van der Waals surface area contributed by atoms with Crippen LogP contribution >= 0.6 is 0 Å². The van der Waals surface area contributed by atoms with Crippen LogP contribution in [0.3, 0.4) is 0 Å². The van der Waals surface area contributed by atoms with Gasteiger partial charge in [-0.3, -0.25) is 0 Å². The van der Waals surface area contributed by atoms with Crippen molar-refractivity contribution in [3.05, 3.63) is 6.33 Å². The van der Waals surface area contributed by atoms with Crippen molar-refractivity contribution in [2.75, 3.05) is 37.0 Å². The molecule has 0 saturated carbocycles. The van der Waals surface area contributed by atoms with E-state index >= 15 is 0 Å². The molecule has 1 saturated heterocycles. The fraction of sp³-hybridized carbons (Fsp3) is 0.714. The number of piperidine rings is 1. The fourth-order valence-corrected chi connectivity index (χ4v) is 2.66. The first-order valence-electron chi connectivity index (χ1n) is 7.23. The lowest BCUT2D eigenvalue weighted by Gasteiger charge is -2.34. The van der Waals surface area contributed by atoms with Gasteiger partial charge in [-0.05, 0) is 32.6 Å². The summed E-state index contributed by atoms with van der Waals surface area (Å²) in [5.74, 6) is 2.65. The van der Waals surface area contributed by atoms with E-state index < -0.39 is 0 Å². The average molecular weight is 280 g/mol. The minimum absolute atomic E-state index is 0.234. The van der Waals surface area contributed by atoms with Gasteiger partial charge in [-0.25, -0.2) is 9.97 Å². The number of nitrogens with zero attached hydrogens (tertiary/aromatic N) is 3. The van der Waals surface area contributed by atoms with Crippen molar-refractivity contribution in [3.63, 3.8) is 0 Å². The minimum atomic E-state index is -0.234. The molecular weight excluding hydrogens is 256 g/mol. The molecule has 2 N–H and O–H groups in total. The molecule has 6 nitrogen and oxygen atoms in total. The Morgan fingerprint density at radius 2 is 2.15 bits per heavy atom. The lowest BCUT2D eigenvalue weighted by Crippen LogP contribution is -2.37. The predicted octanol–water partition coefficient (Wildman–Crippen LogP) is 1.51. The maximum Gasteiger partial charge on any atom is 0.204 e. The number of methoxy groups -OCH3 is 1. The van der Waals surface area contributed by atoms with Crippen LogP contribution in [0.5, 0.6) is 5.75 Å². The molecule has 1 atom stereocenters. The summed E-state index contributed by atoms with van der Waals surface area (Å²) in [4.78, 5) is 10.8. The molecule has 20 heavy (non-hydrogen) atoms. The molecule has 1 aliphatic rings. The number of ether oxygens (including phenoxy) is 1. The van der Waals surface area contributed by atoms with Crippen LogP contribution in [-0.2, 0) is 0 Å². The van der Waals surface area contributed by atoms with E-state index in [0.29, 0.717) is 11.7 Å². The highest BCUT2D eigenvalue weighted by Gasteiger charge is 2.26. The van der Waals surface area contributed by atoms with Crippen LogP contribution in [0.1, 0.15) is 26.7 Å². The van der Waals surface area contributed by atoms with Crippen molar-refractivity contribution in [2.24, 2.45) is 5.92 Å². The van der Waals surface area contributed by atoms with Crippen LogP contribution in [0.4, 0.5) is 11.6 Å². The second-order valence-electron chi connectivity index (χ2n) is 5.17. The fourth-order valence-electron chi connectivity index (χ4n) is 2.66. The standard InChI is InChI=1S/C14H24N4O2/c1-4-15-13-12(20-3)14(17-9-16-13)18-7-5-11(6-8-18)10(2)19/h9-11,19H,4-8H2,1-3H3,(H,15,16,17). The van der Waals surface area contributed by atoms with Gasteiger partial charge in [0.25, 0.3) is 0 Å². The Morgan fingerprint density at radius 3 is 2.70 bits per heavy atom. The molecule has 1 aromatic heterocycles. The molecule has 0 bridgehead atoms. The normalized spacial score (nSPS) is 17.9. The Morgan fingerprint density at radius 1 is 1.45 bits per heavy atom. The maximum absolute atomic E-state index is 9.67. The Balaban J connectivity index is 2.15. The summed E-state index contributed by atoms with van der Waals surface area (Å²) in [7, 11) is 1.64. The number of aliphatic hydroxyl groups excluding tert-OH is 1. The van der Waals surface area contributed by atoms with Gasteiger partial charge in [-0.2, -0.15) is 0 Å². The monoisotopic (exact) mass is 280 g/mol. The van der Waals surface area contributed by atoms with Crippen LogP contribution in [0.15, 0.2) is 6.33 Å². The third kappa shape index (κ3) is 3.12. The van der Waals surface area contributed by atoms with Gasteiger partial charge in [-0.1, -0.05) is 0 Å². The molecule has 1 fully saturated rings. The van der Waals surface area contributed by atoms with E-state index in [1.165, 1.54) is 0 Å². The smallest absolute Gasteiger partial charge is 0.204 e. The van der Waals surface area contributed by atoms with Gasteiger partial charge >= 0.3 is 0 Å². The zero-order chi connectivity index (χ0) is 14.5. The van der Waals surface area contributed by atoms with E-state index in [4.69, 9.17) is 4.74 Å². The predicted molar refractivity (Wildman–Crippen MR) is 79.4 cm³/mol. The lowest BCUT2D eigenvalue weighted by atomic mass is 9.92. The summed E-state index contributed by atoms with van der Waals surface area (Å²) in [6.07, 6.45) is 3.28. The topological polar surface area (TPSA) is 70.5 Å². The SMILES string of the molecule is CCNc1ncnc(N2CCC(C(C)O)CC2)c1OC. The van der Waals surface area contributed by atoms with Crippen molar-refractivity contribution in [1.82, 2.24) is 9.97 Å². The molecule has 0 aliphatic carbocycles. The first-order valence-corrected chi connectivity index (χ1v) is 7.23. The molecule has 112 valence electrons. The Labute approximate surface area is 120 Å². The average Bonchev–Trinajstić information content (AvgIpc) is 2.47. The van der Waals surface area contributed by atoms with Gasteiger partial charge in [-0.15, -0.1) is 0 Å². The number of hydrogen-bond acceptors (Lipinski definition) is 6. The van der Waals surface area contributed by atoms with E-state index in [1.807, 2.05) is 13.8 Å².